The van der Waals surface area contributed by atoms with Gasteiger partial charge < -0.3 is 14.8 Å². The monoisotopic (exact) mass is 374 g/mol. The fourth-order valence-electron chi connectivity index (χ4n) is 1.75. The van der Waals surface area contributed by atoms with Crippen LogP contribution in [0.1, 0.15) is 33.3 Å². The molecule has 0 spiro atoms. The number of non-ortho nitro benzene ring substituents is 1. The number of rotatable bonds is 9. The predicted molar refractivity (Wildman–Crippen MR) is 93.2 cm³/mol. The van der Waals surface area contributed by atoms with Gasteiger partial charge in [-0.05, 0) is 33.3 Å². The summed E-state index contributed by atoms with van der Waals surface area (Å²) in [7, 11) is -5.31. The maximum absolute atomic E-state index is 12.1. The minimum atomic E-state index is -3.84. The summed E-state index contributed by atoms with van der Waals surface area (Å²) in [6, 6.07) is 5.28. The van der Waals surface area contributed by atoms with Crippen molar-refractivity contribution < 1.29 is 28.1 Å². The largest absolute Gasteiger partial charge is 0.470 e. The average Bonchev–Trinajstić information content (AvgIpc) is 2.43. The van der Waals surface area contributed by atoms with E-state index in [1.165, 1.54) is 38.1 Å². The van der Waals surface area contributed by atoms with Gasteiger partial charge in [0.25, 0.3) is 5.69 Å². The first-order chi connectivity index (χ1) is 11.2. The Morgan fingerprint density at radius 2 is 1.92 bits per heavy atom. The molecular weight excluding hydrogens is 351 g/mol. The molecule has 25 heavy (non-hydrogen) atoms. The fourth-order valence-corrected chi connectivity index (χ4v) is 2.87. The third-order valence-corrected chi connectivity index (χ3v) is 5.18. The molecule has 0 aliphatic heterocycles. The Morgan fingerprint density at radius 3 is 2.44 bits per heavy atom. The van der Waals surface area contributed by atoms with Gasteiger partial charge in [0.05, 0.1) is 21.9 Å². The van der Waals surface area contributed by atoms with Crippen LogP contribution in [-0.4, -0.2) is 48.2 Å². The normalized spacial score (nSPS) is 12.9. The second-order valence-corrected chi connectivity index (χ2v) is 8.48. The van der Waals surface area contributed by atoms with Crippen molar-refractivity contribution in [1.29, 1.82) is 0 Å². The van der Waals surface area contributed by atoms with E-state index >= 15 is 0 Å². The summed E-state index contributed by atoms with van der Waals surface area (Å²) in [5.41, 5.74) is -2.33. The molecule has 0 aromatic heterocycles. The number of nitrogens with zero attached hydrogens (tertiary/aromatic N) is 1. The first kappa shape index (κ1) is 21.5. The molecule has 0 aliphatic carbocycles. The molecule has 0 heterocycles. The van der Waals surface area contributed by atoms with Crippen LogP contribution in [0.5, 0.6) is 0 Å². The summed E-state index contributed by atoms with van der Waals surface area (Å²) in [5, 5.41) is 30.5. The van der Waals surface area contributed by atoms with Crippen LogP contribution >= 0.6 is 0 Å². The second kappa shape index (κ2) is 7.79. The van der Waals surface area contributed by atoms with Gasteiger partial charge in [-0.2, -0.15) is 0 Å². The summed E-state index contributed by atoms with van der Waals surface area (Å²) in [4.78, 5) is 10.1. The highest BCUT2D eigenvalue weighted by Gasteiger charge is 2.39. The van der Waals surface area contributed by atoms with E-state index in [9.17, 15) is 28.7 Å². The van der Waals surface area contributed by atoms with E-state index in [2.05, 4.69) is 4.72 Å². The minimum Gasteiger partial charge on any atom is -0.426 e. The maximum Gasteiger partial charge on any atom is 0.470 e. The number of nitrogens with one attached hydrogen (secondary N) is 1. The molecule has 9 nitrogen and oxygen atoms in total. The van der Waals surface area contributed by atoms with Gasteiger partial charge in [0, 0.05) is 18.6 Å². The van der Waals surface area contributed by atoms with Gasteiger partial charge in [0.2, 0.25) is 10.0 Å². The molecule has 1 aromatic carbocycles. The van der Waals surface area contributed by atoms with E-state index in [4.69, 9.17) is 4.65 Å². The Kier molecular flexibility index (Phi) is 6.71. The van der Waals surface area contributed by atoms with E-state index in [-0.39, 0.29) is 11.3 Å². The smallest absolute Gasteiger partial charge is 0.426 e. The van der Waals surface area contributed by atoms with Crippen molar-refractivity contribution >= 4 is 22.8 Å². The third kappa shape index (κ3) is 6.71. The van der Waals surface area contributed by atoms with Crippen LogP contribution in [0, 0.1) is 10.1 Å². The van der Waals surface area contributed by atoms with E-state index in [0.29, 0.717) is 0 Å². The molecule has 1 aromatic rings. The summed E-state index contributed by atoms with van der Waals surface area (Å²) < 4.78 is 31.6. The van der Waals surface area contributed by atoms with Crippen LogP contribution in [0.15, 0.2) is 24.3 Å². The average molecular weight is 374 g/mol. The molecule has 11 heteroatoms. The van der Waals surface area contributed by atoms with Gasteiger partial charge in [0.15, 0.2) is 0 Å². The first-order valence-electron chi connectivity index (χ1n) is 7.52. The third-order valence-electron chi connectivity index (χ3n) is 3.86. The van der Waals surface area contributed by atoms with Crippen LogP contribution in [-0.2, 0) is 20.4 Å². The Morgan fingerprint density at radius 1 is 1.32 bits per heavy atom. The zero-order valence-corrected chi connectivity index (χ0v) is 15.4. The van der Waals surface area contributed by atoms with Gasteiger partial charge >= 0.3 is 7.12 Å². The van der Waals surface area contributed by atoms with Crippen molar-refractivity contribution in [1.82, 2.24) is 4.72 Å². The van der Waals surface area contributed by atoms with E-state index < -0.39 is 45.5 Å². The molecule has 1 rings (SSSR count). The van der Waals surface area contributed by atoms with Crippen LogP contribution in [0.3, 0.4) is 0 Å². The molecule has 0 fully saturated rings. The van der Waals surface area contributed by atoms with Crippen LogP contribution in [0.25, 0.3) is 0 Å². The minimum absolute atomic E-state index is 0.206. The second-order valence-electron chi connectivity index (χ2n) is 6.68. The molecule has 0 aliphatic rings. The molecular formula is C14H23BN2O7S. The quantitative estimate of drug-likeness (QED) is 0.327. The first-order valence-corrected chi connectivity index (χ1v) is 9.18. The van der Waals surface area contributed by atoms with E-state index in [1.807, 2.05) is 0 Å². The molecule has 0 saturated heterocycles. The Labute approximate surface area is 147 Å². The number of aliphatic hydroxyl groups is 1. The highest BCUT2D eigenvalue weighted by Crippen LogP contribution is 2.25. The van der Waals surface area contributed by atoms with Crippen molar-refractivity contribution in [3.05, 3.63) is 39.9 Å². The van der Waals surface area contributed by atoms with Crippen molar-refractivity contribution in [3.63, 3.8) is 0 Å². The number of benzene rings is 1. The zero-order chi connectivity index (χ0) is 19.5. The lowest BCUT2D eigenvalue weighted by Gasteiger charge is -2.38. The van der Waals surface area contributed by atoms with Crippen LogP contribution in [0.2, 0.25) is 0 Å². The zero-order valence-electron chi connectivity index (χ0n) is 14.6. The molecule has 0 amide bonds. The molecule has 0 radical (unpaired) electrons. The van der Waals surface area contributed by atoms with Crippen molar-refractivity contribution in [2.75, 3.05) is 6.44 Å². The fraction of sp³-hybridized carbons (Fsp3) is 0.571. The molecule has 0 unspecified atom stereocenters. The summed E-state index contributed by atoms with van der Waals surface area (Å²) in [6.07, 6.45) is -0.420. The highest BCUT2D eigenvalue weighted by atomic mass is 32.2. The van der Waals surface area contributed by atoms with Gasteiger partial charge in [-0.3, -0.25) is 10.1 Å². The standard InChI is InChI=1S/C14H23BN2O7S/c1-13(2,18)14(3,4)24-15(19)10-16-25(22,23)9-11-6-5-7-12(8-11)17(20)21/h5-8,16,18-19H,9-10H2,1-4H3. The number of hydrogen-bond acceptors (Lipinski definition) is 7. The molecule has 0 saturated carbocycles. The number of hydrogen-bond donors (Lipinski definition) is 3. The molecule has 0 atom stereocenters. The van der Waals surface area contributed by atoms with Crippen LogP contribution < -0.4 is 4.72 Å². The number of nitro groups is 1. The Bertz CT molecular complexity index is 716. The van der Waals surface area contributed by atoms with Gasteiger partial charge in [-0.25, -0.2) is 13.1 Å². The maximum atomic E-state index is 12.1. The molecule has 3 N–H and O–H groups in total. The number of nitro benzene ring substituents is 1. The number of sulfonamides is 1. The van der Waals surface area contributed by atoms with Gasteiger partial charge in [0.1, 0.15) is 0 Å². The van der Waals surface area contributed by atoms with Crippen molar-refractivity contribution in [2.24, 2.45) is 0 Å². The Hall–Kier alpha value is -1.53. The lowest BCUT2D eigenvalue weighted by molar-refractivity contribution is -0.384. The molecule has 140 valence electrons. The lowest BCUT2D eigenvalue weighted by Crippen LogP contribution is -2.52. The van der Waals surface area contributed by atoms with E-state index in [1.54, 1.807) is 13.8 Å². The van der Waals surface area contributed by atoms with Gasteiger partial charge in [-0.1, -0.05) is 12.1 Å². The van der Waals surface area contributed by atoms with E-state index in [0.717, 1.165) is 0 Å². The summed E-state index contributed by atoms with van der Waals surface area (Å²) >= 11 is 0. The van der Waals surface area contributed by atoms with Gasteiger partial charge in [-0.15, -0.1) is 0 Å². The lowest BCUT2D eigenvalue weighted by atomic mass is 9.83. The van der Waals surface area contributed by atoms with Crippen molar-refractivity contribution in [3.8, 4) is 0 Å². The summed E-state index contributed by atoms with van der Waals surface area (Å²) in [5.74, 6) is -0.476. The SMILES string of the molecule is CC(C)(O)C(C)(C)OB(O)CNS(=O)(=O)Cc1cccc([N+](=O)[O-])c1. The predicted octanol–water partition coefficient (Wildman–Crippen LogP) is 0.600. The van der Waals surface area contributed by atoms with Crippen LogP contribution in [0.4, 0.5) is 5.69 Å². The molecule has 0 bridgehead atoms. The van der Waals surface area contributed by atoms with Crippen molar-refractivity contribution in [2.45, 2.75) is 44.6 Å². The summed E-state index contributed by atoms with van der Waals surface area (Å²) in [6.45, 7) is 6.14. The Balaban J connectivity index is 2.67. The highest BCUT2D eigenvalue weighted by molar-refractivity contribution is 7.88. The topological polar surface area (TPSA) is 139 Å².